The average Bonchev–Trinajstić information content (AvgIpc) is 2.14. The Labute approximate surface area is 92.0 Å². The molecule has 0 heterocycles. The third-order valence-electron chi connectivity index (χ3n) is 2.85. The van der Waals surface area contributed by atoms with Crippen LogP contribution in [0, 0.1) is 0 Å². The van der Waals surface area contributed by atoms with Crippen LogP contribution in [-0.4, -0.2) is 18.3 Å². The second kappa shape index (κ2) is 3.65. The Bertz CT molecular complexity index is 315. The van der Waals surface area contributed by atoms with Gasteiger partial charge in [-0.1, -0.05) is 28.1 Å². The van der Waals surface area contributed by atoms with Crippen LogP contribution in [0.25, 0.3) is 0 Å². The number of aliphatic hydroxyl groups is 1. The van der Waals surface area contributed by atoms with Gasteiger partial charge in [-0.2, -0.15) is 0 Å². The summed E-state index contributed by atoms with van der Waals surface area (Å²) in [6.45, 7) is 0. The van der Waals surface area contributed by atoms with E-state index in [0.29, 0.717) is 12.8 Å². The summed E-state index contributed by atoms with van der Waals surface area (Å²) >= 11 is 3.37. The van der Waals surface area contributed by atoms with Crippen molar-refractivity contribution in [3.63, 3.8) is 0 Å². The second-order valence-corrected chi connectivity index (χ2v) is 4.72. The number of ether oxygens (including phenoxy) is 1. The van der Waals surface area contributed by atoms with Crippen molar-refractivity contribution in [2.24, 2.45) is 0 Å². The molecule has 0 saturated heterocycles. The van der Waals surface area contributed by atoms with Crippen LogP contribution in [0.1, 0.15) is 18.4 Å². The molecule has 1 aliphatic rings. The van der Waals surface area contributed by atoms with Crippen LogP contribution >= 0.6 is 15.9 Å². The Morgan fingerprint density at radius 1 is 1.36 bits per heavy atom. The zero-order valence-electron chi connectivity index (χ0n) is 8.03. The minimum absolute atomic E-state index is 0.212. The number of methoxy groups -OCH3 is 1. The fraction of sp³-hybridized carbons (Fsp3) is 0.455. The van der Waals surface area contributed by atoms with Crippen molar-refractivity contribution in [1.82, 2.24) is 0 Å². The Balaban J connectivity index is 2.13. The molecule has 1 aromatic rings. The highest BCUT2D eigenvalue weighted by atomic mass is 79.9. The summed E-state index contributed by atoms with van der Waals surface area (Å²) in [5, 5.41) is 10.2. The Morgan fingerprint density at radius 2 is 1.93 bits per heavy atom. The molecular weight excluding hydrogens is 244 g/mol. The van der Waals surface area contributed by atoms with Gasteiger partial charge in [-0.05, 0) is 17.7 Å². The van der Waals surface area contributed by atoms with Gasteiger partial charge >= 0.3 is 0 Å². The molecule has 1 aromatic carbocycles. The predicted octanol–water partition coefficient (Wildman–Crippen LogP) is 2.45. The zero-order chi connectivity index (χ0) is 10.2. The molecule has 0 radical (unpaired) electrons. The lowest BCUT2D eigenvalue weighted by Crippen LogP contribution is -2.45. The maximum atomic E-state index is 10.2. The molecule has 76 valence electrons. The Hall–Kier alpha value is -0.380. The van der Waals surface area contributed by atoms with Crippen LogP contribution in [0.5, 0.6) is 0 Å². The topological polar surface area (TPSA) is 29.5 Å². The third kappa shape index (κ3) is 1.72. The first-order chi connectivity index (χ1) is 6.64. The van der Waals surface area contributed by atoms with E-state index in [1.807, 2.05) is 24.3 Å². The van der Waals surface area contributed by atoms with Crippen LogP contribution in [0.2, 0.25) is 0 Å². The van der Waals surface area contributed by atoms with E-state index in [1.165, 1.54) is 0 Å². The van der Waals surface area contributed by atoms with Gasteiger partial charge in [0.15, 0.2) is 0 Å². The van der Waals surface area contributed by atoms with Gasteiger partial charge < -0.3 is 9.84 Å². The summed E-state index contributed by atoms with van der Waals surface area (Å²) in [7, 11) is 1.69. The number of hydrogen-bond acceptors (Lipinski definition) is 2. The van der Waals surface area contributed by atoms with Gasteiger partial charge in [0.25, 0.3) is 0 Å². The monoisotopic (exact) mass is 256 g/mol. The lowest BCUT2D eigenvalue weighted by molar-refractivity contribution is -0.133. The minimum Gasteiger partial charge on any atom is -0.385 e. The van der Waals surface area contributed by atoms with E-state index in [2.05, 4.69) is 15.9 Å². The maximum absolute atomic E-state index is 10.2. The van der Waals surface area contributed by atoms with Gasteiger partial charge in [0.2, 0.25) is 0 Å². The molecule has 0 aliphatic heterocycles. The zero-order valence-corrected chi connectivity index (χ0v) is 9.62. The molecule has 0 aromatic heterocycles. The first kappa shape index (κ1) is 10.1. The molecule has 14 heavy (non-hydrogen) atoms. The molecule has 0 amide bonds. The van der Waals surface area contributed by atoms with Gasteiger partial charge in [-0.15, -0.1) is 0 Å². The first-order valence-electron chi connectivity index (χ1n) is 4.65. The molecule has 0 unspecified atom stereocenters. The number of benzene rings is 1. The highest BCUT2D eigenvalue weighted by Gasteiger charge is 2.44. The smallest absolute Gasteiger partial charge is 0.0946 e. The van der Waals surface area contributed by atoms with Gasteiger partial charge in [0, 0.05) is 24.4 Å². The summed E-state index contributed by atoms with van der Waals surface area (Å²) in [6, 6.07) is 7.81. The molecule has 1 saturated carbocycles. The molecule has 1 fully saturated rings. The predicted molar refractivity (Wildman–Crippen MR) is 58.1 cm³/mol. The van der Waals surface area contributed by atoms with Gasteiger partial charge in [0.1, 0.15) is 0 Å². The number of halogens is 1. The quantitative estimate of drug-likeness (QED) is 0.881. The fourth-order valence-corrected chi connectivity index (χ4v) is 2.12. The molecule has 3 heteroatoms. The van der Waals surface area contributed by atoms with Crippen LogP contribution in [0.15, 0.2) is 28.7 Å². The van der Waals surface area contributed by atoms with E-state index in [4.69, 9.17) is 4.74 Å². The molecular formula is C11H13BrO2. The molecule has 0 bridgehead atoms. The van der Waals surface area contributed by atoms with Crippen molar-refractivity contribution in [1.29, 1.82) is 0 Å². The van der Waals surface area contributed by atoms with Crippen LogP contribution in [0.3, 0.4) is 0 Å². The van der Waals surface area contributed by atoms with Crippen molar-refractivity contribution in [3.8, 4) is 0 Å². The van der Waals surface area contributed by atoms with Crippen LogP contribution < -0.4 is 0 Å². The number of hydrogen-bond donors (Lipinski definition) is 1. The fourth-order valence-electron chi connectivity index (χ4n) is 1.86. The molecule has 2 rings (SSSR count). The van der Waals surface area contributed by atoms with Crippen LogP contribution in [0.4, 0.5) is 0 Å². The van der Waals surface area contributed by atoms with Crippen molar-refractivity contribution < 1.29 is 9.84 Å². The van der Waals surface area contributed by atoms with Crippen molar-refractivity contribution in [2.75, 3.05) is 7.11 Å². The summed E-state index contributed by atoms with van der Waals surface area (Å²) in [5.41, 5.74) is 0.315. The largest absolute Gasteiger partial charge is 0.385 e. The molecule has 1 aliphatic carbocycles. The average molecular weight is 257 g/mol. The first-order valence-corrected chi connectivity index (χ1v) is 5.44. The highest BCUT2D eigenvalue weighted by molar-refractivity contribution is 9.10. The minimum atomic E-state index is -0.665. The van der Waals surface area contributed by atoms with E-state index in [1.54, 1.807) is 7.11 Å². The van der Waals surface area contributed by atoms with Gasteiger partial charge in [-0.25, -0.2) is 0 Å². The van der Waals surface area contributed by atoms with Crippen molar-refractivity contribution >= 4 is 15.9 Å². The maximum Gasteiger partial charge on any atom is 0.0946 e. The molecule has 2 nitrogen and oxygen atoms in total. The van der Waals surface area contributed by atoms with Gasteiger partial charge in [0.05, 0.1) is 11.7 Å². The summed E-state index contributed by atoms with van der Waals surface area (Å²) in [6.07, 6.45) is 1.61. The second-order valence-electron chi connectivity index (χ2n) is 3.80. The SMILES string of the molecule is CO[C@H]1C[C@](O)(c2ccc(Br)cc2)C1. The highest BCUT2D eigenvalue weighted by Crippen LogP contribution is 2.42. The van der Waals surface area contributed by atoms with E-state index >= 15 is 0 Å². The van der Waals surface area contributed by atoms with Crippen LogP contribution in [-0.2, 0) is 10.3 Å². The summed E-state index contributed by atoms with van der Waals surface area (Å²) in [4.78, 5) is 0. The van der Waals surface area contributed by atoms with E-state index < -0.39 is 5.60 Å². The normalized spacial score (nSPS) is 31.2. The van der Waals surface area contributed by atoms with Crippen molar-refractivity contribution in [2.45, 2.75) is 24.5 Å². The Morgan fingerprint density at radius 3 is 2.43 bits per heavy atom. The van der Waals surface area contributed by atoms with Crippen molar-refractivity contribution in [3.05, 3.63) is 34.3 Å². The summed E-state index contributed by atoms with van der Waals surface area (Å²) in [5.74, 6) is 0. The Kier molecular flexibility index (Phi) is 2.64. The molecule has 0 atom stereocenters. The lowest BCUT2D eigenvalue weighted by Gasteiger charge is -2.43. The molecule has 1 N–H and O–H groups in total. The van der Waals surface area contributed by atoms with Gasteiger partial charge in [-0.3, -0.25) is 0 Å². The summed E-state index contributed by atoms with van der Waals surface area (Å²) < 4.78 is 6.19. The van der Waals surface area contributed by atoms with E-state index in [-0.39, 0.29) is 6.10 Å². The number of rotatable bonds is 2. The van der Waals surface area contributed by atoms with E-state index in [0.717, 1.165) is 10.0 Å². The third-order valence-corrected chi connectivity index (χ3v) is 3.37. The lowest BCUT2D eigenvalue weighted by atomic mass is 9.73. The molecule has 0 spiro atoms. The standard InChI is InChI=1S/C11H13BrO2/c1-14-10-6-11(13,7-10)8-2-4-9(12)5-3-8/h2-5,10,13H,6-7H2,1H3/t10-,11+. The van der Waals surface area contributed by atoms with E-state index in [9.17, 15) is 5.11 Å².